The van der Waals surface area contributed by atoms with E-state index < -0.39 is 0 Å². The van der Waals surface area contributed by atoms with E-state index in [4.69, 9.17) is 0 Å². The molecular weight excluding hydrogens is 290 g/mol. The average Bonchev–Trinajstić information content (AvgIpc) is 2.35. The summed E-state index contributed by atoms with van der Waals surface area (Å²) in [6.45, 7) is 3.58. The second kappa shape index (κ2) is 5.36. The van der Waals surface area contributed by atoms with Gasteiger partial charge in [0.15, 0.2) is 0 Å². The molecule has 0 saturated heterocycles. The topological polar surface area (TPSA) is 20.3 Å². The summed E-state index contributed by atoms with van der Waals surface area (Å²) in [5.74, 6) is 0.00271. The standard InChI is InChI=1S/C15H14BrNO/c1-11-10-14(8-9-15(11)16)17(12(2)18)13-6-4-3-5-7-13/h3-10H,1-2H3. The van der Waals surface area contributed by atoms with Crippen LogP contribution in [0.15, 0.2) is 53.0 Å². The highest BCUT2D eigenvalue weighted by molar-refractivity contribution is 9.10. The van der Waals surface area contributed by atoms with Crippen LogP contribution >= 0.6 is 15.9 Å². The molecule has 0 atom stereocenters. The maximum absolute atomic E-state index is 11.9. The number of carbonyl (C=O) groups excluding carboxylic acids is 1. The highest BCUT2D eigenvalue weighted by Gasteiger charge is 2.14. The molecule has 0 spiro atoms. The normalized spacial score (nSPS) is 10.2. The number of benzene rings is 2. The number of aryl methyl sites for hydroxylation is 1. The molecular formula is C15H14BrNO. The van der Waals surface area contributed by atoms with Crippen molar-refractivity contribution in [2.24, 2.45) is 0 Å². The van der Waals surface area contributed by atoms with Crippen molar-refractivity contribution in [3.8, 4) is 0 Å². The third kappa shape index (κ3) is 2.62. The van der Waals surface area contributed by atoms with Crippen molar-refractivity contribution >= 4 is 33.2 Å². The molecule has 2 rings (SSSR count). The molecule has 0 aliphatic carbocycles. The molecule has 0 saturated carbocycles. The number of carbonyl (C=O) groups is 1. The van der Waals surface area contributed by atoms with Crippen LogP contribution in [0, 0.1) is 6.92 Å². The first-order valence-corrected chi connectivity index (χ1v) is 6.51. The number of nitrogens with zero attached hydrogens (tertiary/aromatic N) is 1. The number of anilines is 2. The van der Waals surface area contributed by atoms with Crippen LogP contribution in [-0.2, 0) is 4.79 Å². The number of rotatable bonds is 2. The van der Waals surface area contributed by atoms with E-state index >= 15 is 0 Å². The van der Waals surface area contributed by atoms with Crippen LogP contribution < -0.4 is 4.90 Å². The lowest BCUT2D eigenvalue weighted by molar-refractivity contribution is -0.115. The monoisotopic (exact) mass is 303 g/mol. The maximum Gasteiger partial charge on any atom is 0.228 e. The Balaban J connectivity index is 2.49. The predicted molar refractivity (Wildman–Crippen MR) is 78.1 cm³/mol. The van der Waals surface area contributed by atoms with Crippen LogP contribution in [0.25, 0.3) is 0 Å². The SMILES string of the molecule is CC(=O)N(c1ccccc1)c1ccc(Br)c(C)c1. The summed E-state index contributed by atoms with van der Waals surface area (Å²) < 4.78 is 1.04. The molecule has 0 fully saturated rings. The van der Waals surface area contributed by atoms with Crippen molar-refractivity contribution in [3.05, 3.63) is 58.6 Å². The zero-order valence-corrected chi connectivity index (χ0v) is 11.9. The Morgan fingerprint density at radius 1 is 1.06 bits per heavy atom. The molecule has 2 nitrogen and oxygen atoms in total. The number of halogens is 1. The molecule has 0 bridgehead atoms. The van der Waals surface area contributed by atoms with Crippen molar-refractivity contribution in [1.29, 1.82) is 0 Å². The Hall–Kier alpha value is -1.61. The fourth-order valence-corrected chi connectivity index (χ4v) is 2.10. The molecule has 2 aromatic carbocycles. The Kier molecular flexibility index (Phi) is 3.82. The van der Waals surface area contributed by atoms with E-state index in [1.165, 1.54) is 0 Å². The lowest BCUT2D eigenvalue weighted by atomic mass is 10.2. The summed E-state index contributed by atoms with van der Waals surface area (Å²) >= 11 is 3.47. The smallest absolute Gasteiger partial charge is 0.228 e. The van der Waals surface area contributed by atoms with Gasteiger partial charge in [0.05, 0.1) is 0 Å². The van der Waals surface area contributed by atoms with Crippen molar-refractivity contribution in [1.82, 2.24) is 0 Å². The summed E-state index contributed by atoms with van der Waals surface area (Å²) in [7, 11) is 0. The van der Waals surface area contributed by atoms with Gasteiger partial charge in [0.25, 0.3) is 0 Å². The van der Waals surface area contributed by atoms with E-state index in [-0.39, 0.29) is 5.91 Å². The van der Waals surface area contributed by atoms with Crippen molar-refractivity contribution in [2.45, 2.75) is 13.8 Å². The highest BCUT2D eigenvalue weighted by Crippen LogP contribution is 2.28. The first-order chi connectivity index (χ1) is 8.59. The van der Waals surface area contributed by atoms with Crippen molar-refractivity contribution in [3.63, 3.8) is 0 Å². The Bertz CT molecular complexity index is 566. The Morgan fingerprint density at radius 3 is 2.28 bits per heavy atom. The van der Waals surface area contributed by atoms with Crippen LogP contribution in [0.5, 0.6) is 0 Å². The number of hydrogen-bond acceptors (Lipinski definition) is 1. The van der Waals surface area contributed by atoms with Crippen LogP contribution in [0.1, 0.15) is 12.5 Å². The van der Waals surface area contributed by atoms with Gasteiger partial charge in [-0.15, -0.1) is 0 Å². The van der Waals surface area contributed by atoms with E-state index in [9.17, 15) is 4.79 Å². The van der Waals surface area contributed by atoms with E-state index in [1.807, 2.05) is 55.5 Å². The van der Waals surface area contributed by atoms with Crippen LogP contribution in [0.4, 0.5) is 11.4 Å². The minimum absolute atomic E-state index is 0.00271. The minimum Gasteiger partial charge on any atom is -0.281 e. The molecule has 1 amide bonds. The molecule has 0 radical (unpaired) electrons. The fraction of sp³-hybridized carbons (Fsp3) is 0.133. The van der Waals surface area contributed by atoms with Gasteiger partial charge >= 0.3 is 0 Å². The molecule has 0 aliphatic heterocycles. The number of amides is 1. The molecule has 2 aromatic rings. The van der Waals surface area contributed by atoms with E-state index in [0.717, 1.165) is 21.4 Å². The Labute approximate surface area is 115 Å². The van der Waals surface area contributed by atoms with Gasteiger partial charge < -0.3 is 0 Å². The number of para-hydroxylation sites is 1. The quantitative estimate of drug-likeness (QED) is 0.803. The van der Waals surface area contributed by atoms with Gasteiger partial charge in [0.2, 0.25) is 5.91 Å². The number of hydrogen-bond donors (Lipinski definition) is 0. The molecule has 0 N–H and O–H groups in total. The first-order valence-electron chi connectivity index (χ1n) is 5.71. The van der Waals surface area contributed by atoms with Crippen molar-refractivity contribution < 1.29 is 4.79 Å². The summed E-state index contributed by atoms with van der Waals surface area (Å²) in [6, 6.07) is 15.5. The molecule has 0 heterocycles. The van der Waals surface area contributed by atoms with E-state index in [2.05, 4.69) is 15.9 Å². The molecule has 0 unspecified atom stereocenters. The maximum atomic E-state index is 11.9. The van der Waals surface area contributed by atoms with Crippen LogP contribution in [-0.4, -0.2) is 5.91 Å². The minimum atomic E-state index is 0.00271. The van der Waals surface area contributed by atoms with E-state index in [0.29, 0.717) is 0 Å². The summed E-state index contributed by atoms with van der Waals surface area (Å²) in [6.07, 6.45) is 0. The lowest BCUT2D eigenvalue weighted by Gasteiger charge is -2.22. The fourth-order valence-electron chi connectivity index (χ4n) is 1.86. The van der Waals surface area contributed by atoms with E-state index in [1.54, 1.807) is 11.8 Å². The van der Waals surface area contributed by atoms with Crippen LogP contribution in [0.2, 0.25) is 0 Å². The van der Waals surface area contributed by atoms with Gasteiger partial charge in [-0.05, 0) is 42.8 Å². The van der Waals surface area contributed by atoms with Crippen molar-refractivity contribution in [2.75, 3.05) is 4.90 Å². The summed E-state index contributed by atoms with van der Waals surface area (Å²) in [4.78, 5) is 13.6. The van der Waals surface area contributed by atoms with Crippen LogP contribution in [0.3, 0.4) is 0 Å². The van der Waals surface area contributed by atoms with Gasteiger partial charge in [-0.3, -0.25) is 9.69 Å². The predicted octanol–water partition coefficient (Wildman–Crippen LogP) is 4.44. The molecule has 3 heteroatoms. The van der Waals surface area contributed by atoms with Gasteiger partial charge in [0, 0.05) is 22.8 Å². The zero-order valence-electron chi connectivity index (χ0n) is 10.4. The molecule has 0 aliphatic rings. The lowest BCUT2D eigenvalue weighted by Crippen LogP contribution is -2.22. The van der Waals surface area contributed by atoms with Gasteiger partial charge in [-0.2, -0.15) is 0 Å². The van der Waals surface area contributed by atoms with Gasteiger partial charge in [-0.25, -0.2) is 0 Å². The third-order valence-electron chi connectivity index (χ3n) is 2.73. The summed E-state index contributed by atoms with van der Waals surface area (Å²) in [5.41, 5.74) is 2.87. The second-order valence-corrected chi connectivity index (χ2v) is 4.98. The van der Waals surface area contributed by atoms with Gasteiger partial charge in [0.1, 0.15) is 0 Å². The molecule has 18 heavy (non-hydrogen) atoms. The molecule has 0 aromatic heterocycles. The molecule has 92 valence electrons. The highest BCUT2D eigenvalue weighted by atomic mass is 79.9. The largest absolute Gasteiger partial charge is 0.281 e. The van der Waals surface area contributed by atoms with Gasteiger partial charge in [-0.1, -0.05) is 34.1 Å². The zero-order chi connectivity index (χ0) is 13.1. The summed E-state index contributed by atoms with van der Waals surface area (Å²) in [5, 5.41) is 0. The third-order valence-corrected chi connectivity index (χ3v) is 3.62. The average molecular weight is 304 g/mol. The Morgan fingerprint density at radius 2 is 1.72 bits per heavy atom. The second-order valence-electron chi connectivity index (χ2n) is 4.12. The first kappa shape index (κ1) is 12.8.